The maximum absolute atomic E-state index is 9.82. The fourth-order valence-electron chi connectivity index (χ4n) is 2.62. The number of fused-ring (bicyclic) bond motifs is 2. The predicted molar refractivity (Wildman–Crippen MR) is 105 cm³/mol. The molecule has 2 heterocycles. The third-order valence-electron chi connectivity index (χ3n) is 3.81. The third-order valence-corrected chi connectivity index (χ3v) is 3.81. The first-order valence-corrected chi connectivity index (χ1v) is 8.52. The van der Waals surface area contributed by atoms with Crippen molar-refractivity contribution in [1.82, 2.24) is 9.97 Å². The van der Waals surface area contributed by atoms with Crippen LogP contribution in [0.3, 0.4) is 0 Å². The van der Waals surface area contributed by atoms with Gasteiger partial charge in [-0.2, -0.15) is 0 Å². The van der Waals surface area contributed by atoms with Crippen LogP contribution in [0, 0.1) is 0 Å². The Morgan fingerprint density at radius 3 is 1.62 bits per heavy atom. The molecule has 0 aliphatic rings. The summed E-state index contributed by atoms with van der Waals surface area (Å²) in [5, 5.41) is 2.30. The Hall–Kier alpha value is -3.27. The monoisotopic (exact) mass is 344 g/mol. The predicted octanol–water partition coefficient (Wildman–Crippen LogP) is 5.02. The molecule has 0 aliphatic heterocycles. The van der Waals surface area contributed by atoms with Crippen molar-refractivity contribution in [3.05, 3.63) is 72.8 Å². The number of ether oxygens (including phenoxy) is 1. The van der Waals surface area contributed by atoms with Crippen molar-refractivity contribution in [2.45, 2.75) is 13.8 Å². The molecule has 0 saturated carbocycles. The smallest absolute Gasteiger partial charge is 0.302 e. The van der Waals surface area contributed by atoms with Crippen LogP contribution in [-0.4, -0.2) is 22.5 Å². The van der Waals surface area contributed by atoms with Gasteiger partial charge in [0, 0.05) is 17.7 Å². The van der Waals surface area contributed by atoms with E-state index >= 15 is 0 Å². The van der Waals surface area contributed by atoms with Crippen molar-refractivity contribution >= 4 is 27.8 Å². The van der Waals surface area contributed by atoms with E-state index in [1.165, 1.54) is 6.92 Å². The average molecular weight is 344 g/mol. The highest BCUT2D eigenvalue weighted by molar-refractivity contribution is 5.83. The van der Waals surface area contributed by atoms with Gasteiger partial charge in [-0.25, -0.2) is 9.97 Å². The molecule has 0 unspecified atom stereocenters. The van der Waals surface area contributed by atoms with E-state index in [1.807, 2.05) is 48.5 Å². The number of carbonyl (C=O) groups excluding carboxylic acids is 1. The maximum Gasteiger partial charge on any atom is 0.302 e. The van der Waals surface area contributed by atoms with E-state index in [4.69, 9.17) is 0 Å². The maximum atomic E-state index is 9.82. The first-order valence-electron chi connectivity index (χ1n) is 8.52. The van der Waals surface area contributed by atoms with Gasteiger partial charge in [-0.15, -0.1) is 0 Å². The number of nitrogens with zero attached hydrogens (tertiary/aromatic N) is 2. The van der Waals surface area contributed by atoms with E-state index in [2.05, 4.69) is 39.0 Å². The zero-order chi connectivity index (χ0) is 18.4. The van der Waals surface area contributed by atoms with Gasteiger partial charge in [0.2, 0.25) is 0 Å². The minimum atomic E-state index is -0.211. The average Bonchev–Trinajstić information content (AvgIpc) is 2.67. The molecule has 0 atom stereocenters. The molecule has 4 rings (SSSR count). The van der Waals surface area contributed by atoms with Gasteiger partial charge in [-0.05, 0) is 31.2 Å². The Morgan fingerprint density at radius 2 is 1.23 bits per heavy atom. The molecule has 0 spiro atoms. The van der Waals surface area contributed by atoms with E-state index < -0.39 is 0 Å². The van der Waals surface area contributed by atoms with E-state index in [-0.39, 0.29) is 5.97 Å². The van der Waals surface area contributed by atoms with Crippen molar-refractivity contribution in [3.63, 3.8) is 0 Å². The molecule has 2 aromatic heterocycles. The third kappa shape index (κ3) is 4.22. The second kappa shape index (κ2) is 8.21. The van der Waals surface area contributed by atoms with E-state index in [9.17, 15) is 4.79 Å². The van der Waals surface area contributed by atoms with Crippen molar-refractivity contribution in [2.24, 2.45) is 0 Å². The summed E-state index contributed by atoms with van der Waals surface area (Å²) in [5.74, 6) is -0.211. The molecule has 4 aromatic rings. The van der Waals surface area contributed by atoms with Gasteiger partial charge in [-0.3, -0.25) is 4.79 Å². The molecule has 2 aromatic carbocycles. The van der Waals surface area contributed by atoms with Crippen LogP contribution in [0.4, 0.5) is 0 Å². The van der Waals surface area contributed by atoms with Crippen LogP contribution >= 0.6 is 0 Å². The van der Waals surface area contributed by atoms with Gasteiger partial charge >= 0.3 is 5.97 Å². The number of carbonyl (C=O) groups is 1. The highest BCUT2D eigenvalue weighted by atomic mass is 16.5. The number of pyridine rings is 2. The summed E-state index contributed by atoms with van der Waals surface area (Å²) < 4.78 is 4.40. The Kier molecular flexibility index (Phi) is 5.54. The zero-order valence-electron chi connectivity index (χ0n) is 14.8. The largest absolute Gasteiger partial charge is 0.466 e. The SMILES string of the molecule is CCOC(C)=O.c1ccc2nc(-c3ccc4ccccc4n3)ccc2c1. The lowest BCUT2D eigenvalue weighted by molar-refractivity contribution is -0.140. The van der Waals surface area contributed by atoms with Crippen molar-refractivity contribution in [3.8, 4) is 11.4 Å². The van der Waals surface area contributed by atoms with Crippen LogP contribution < -0.4 is 0 Å². The molecule has 0 aliphatic carbocycles. The Bertz CT molecular complexity index is 967. The lowest BCUT2D eigenvalue weighted by atomic mass is 10.1. The normalized spacial score (nSPS) is 10.2. The van der Waals surface area contributed by atoms with E-state index in [0.29, 0.717) is 6.61 Å². The van der Waals surface area contributed by atoms with Crippen LogP contribution in [-0.2, 0) is 9.53 Å². The molecular weight excluding hydrogens is 324 g/mol. The molecule has 4 nitrogen and oxygen atoms in total. The highest BCUT2D eigenvalue weighted by Crippen LogP contribution is 2.21. The zero-order valence-corrected chi connectivity index (χ0v) is 14.8. The van der Waals surface area contributed by atoms with Crippen molar-refractivity contribution < 1.29 is 9.53 Å². The van der Waals surface area contributed by atoms with Crippen LogP contribution in [0.15, 0.2) is 72.8 Å². The quantitative estimate of drug-likeness (QED) is 0.479. The number of esters is 1. The van der Waals surface area contributed by atoms with Crippen LogP contribution in [0.5, 0.6) is 0 Å². The lowest BCUT2D eigenvalue weighted by Crippen LogP contribution is -1.95. The second-order valence-corrected chi connectivity index (χ2v) is 5.70. The molecule has 0 saturated heterocycles. The van der Waals surface area contributed by atoms with Crippen LogP contribution in [0.2, 0.25) is 0 Å². The minimum absolute atomic E-state index is 0.211. The van der Waals surface area contributed by atoms with Crippen LogP contribution in [0.25, 0.3) is 33.2 Å². The van der Waals surface area contributed by atoms with Crippen molar-refractivity contribution in [2.75, 3.05) is 6.61 Å². The topological polar surface area (TPSA) is 52.1 Å². The summed E-state index contributed by atoms with van der Waals surface area (Å²) >= 11 is 0. The molecule has 0 bridgehead atoms. The number of benzene rings is 2. The van der Waals surface area contributed by atoms with Gasteiger partial charge in [0.15, 0.2) is 0 Å². The summed E-state index contributed by atoms with van der Waals surface area (Å²) in [7, 11) is 0. The number of hydrogen-bond acceptors (Lipinski definition) is 4. The second-order valence-electron chi connectivity index (χ2n) is 5.70. The summed E-state index contributed by atoms with van der Waals surface area (Å²) in [6.45, 7) is 3.65. The van der Waals surface area contributed by atoms with Gasteiger partial charge < -0.3 is 4.74 Å². The van der Waals surface area contributed by atoms with E-state index in [0.717, 1.165) is 33.2 Å². The molecule has 0 radical (unpaired) electrons. The molecule has 4 heteroatoms. The molecule has 26 heavy (non-hydrogen) atoms. The summed E-state index contributed by atoms with van der Waals surface area (Å²) in [4.78, 5) is 19.2. The first-order chi connectivity index (χ1) is 12.7. The van der Waals surface area contributed by atoms with Crippen molar-refractivity contribution in [1.29, 1.82) is 0 Å². The highest BCUT2D eigenvalue weighted by Gasteiger charge is 2.03. The molecule has 0 amide bonds. The number of aromatic nitrogens is 2. The molecule has 130 valence electrons. The van der Waals surface area contributed by atoms with Gasteiger partial charge in [-0.1, -0.05) is 48.5 Å². The van der Waals surface area contributed by atoms with Gasteiger partial charge in [0.05, 0.1) is 29.0 Å². The minimum Gasteiger partial charge on any atom is -0.466 e. The Morgan fingerprint density at radius 1 is 0.769 bits per heavy atom. The molecule has 0 fully saturated rings. The number of rotatable bonds is 2. The molecular formula is C22H20N2O2. The lowest BCUT2D eigenvalue weighted by Gasteiger charge is -2.04. The number of hydrogen-bond donors (Lipinski definition) is 0. The van der Waals surface area contributed by atoms with E-state index in [1.54, 1.807) is 6.92 Å². The van der Waals surface area contributed by atoms with Gasteiger partial charge in [0.1, 0.15) is 0 Å². The molecule has 0 N–H and O–H groups in total. The first kappa shape index (κ1) is 17.5. The van der Waals surface area contributed by atoms with Crippen LogP contribution in [0.1, 0.15) is 13.8 Å². The standard InChI is InChI=1S/C18H12N2.C4H8O2/c1-3-7-15-13(5-1)9-11-17(19-15)18-12-10-14-6-2-4-8-16(14)20-18;1-3-6-4(2)5/h1-12H;3H2,1-2H3. The Labute approximate surface area is 152 Å². The Balaban J connectivity index is 0.000000286. The fourth-order valence-corrected chi connectivity index (χ4v) is 2.62. The summed E-state index contributed by atoms with van der Waals surface area (Å²) in [6, 6.07) is 24.5. The summed E-state index contributed by atoms with van der Waals surface area (Å²) in [6.07, 6.45) is 0. The van der Waals surface area contributed by atoms with Gasteiger partial charge in [0.25, 0.3) is 0 Å². The summed E-state index contributed by atoms with van der Waals surface area (Å²) in [5.41, 5.74) is 3.82. The fraction of sp³-hybridized carbons (Fsp3) is 0.136. The number of para-hydroxylation sites is 2.